The molecule has 3 aromatic rings. The number of hydrogen-bond donors (Lipinski definition) is 2. The Labute approximate surface area is 175 Å². The average molecular weight is 407 g/mol. The quantitative estimate of drug-likeness (QED) is 0.562. The van der Waals surface area contributed by atoms with E-state index in [2.05, 4.69) is 21.6 Å². The monoisotopic (exact) mass is 406 g/mol. The molecule has 0 bridgehead atoms. The summed E-state index contributed by atoms with van der Waals surface area (Å²) < 4.78 is 0. The highest BCUT2D eigenvalue weighted by molar-refractivity contribution is 6.30. The van der Waals surface area contributed by atoms with Gasteiger partial charge in [-0.3, -0.25) is 0 Å². The summed E-state index contributed by atoms with van der Waals surface area (Å²) in [6, 6.07) is 18.9. The molecule has 2 amide bonds. The maximum absolute atomic E-state index is 12.4. The number of aryl methyl sites for hydroxylation is 1. The SMILES string of the molecule is Cc1cc(Cl)ccc1NC(=O)Nc1cccc(-c2cccc(N3CCCC3)n2)c1. The van der Waals surface area contributed by atoms with Gasteiger partial charge in [-0.1, -0.05) is 29.8 Å². The Balaban J connectivity index is 1.48. The van der Waals surface area contributed by atoms with E-state index < -0.39 is 0 Å². The van der Waals surface area contributed by atoms with Crippen LogP contribution in [0.2, 0.25) is 5.02 Å². The average Bonchev–Trinajstić information content (AvgIpc) is 3.25. The predicted octanol–water partition coefficient (Wildman–Crippen LogP) is 5.95. The Morgan fingerprint density at radius 2 is 1.79 bits per heavy atom. The summed E-state index contributed by atoms with van der Waals surface area (Å²) in [7, 11) is 0. The van der Waals surface area contributed by atoms with Crippen LogP contribution in [0.25, 0.3) is 11.3 Å². The zero-order valence-electron chi connectivity index (χ0n) is 16.3. The molecule has 0 aliphatic carbocycles. The van der Waals surface area contributed by atoms with Crippen LogP contribution in [0.5, 0.6) is 0 Å². The number of amides is 2. The molecule has 6 heteroatoms. The second-order valence-electron chi connectivity index (χ2n) is 7.19. The van der Waals surface area contributed by atoms with Gasteiger partial charge in [0.15, 0.2) is 0 Å². The standard InChI is InChI=1S/C23H23ClN4O/c1-16-14-18(24)10-11-20(16)27-23(29)25-19-7-4-6-17(15-19)21-8-5-9-22(26-21)28-12-2-3-13-28/h4-11,14-15H,2-3,12-13H2,1H3,(H2,25,27,29). The van der Waals surface area contributed by atoms with Crippen molar-refractivity contribution in [1.82, 2.24) is 4.98 Å². The molecule has 4 rings (SSSR count). The van der Waals surface area contributed by atoms with E-state index in [1.165, 1.54) is 12.8 Å². The van der Waals surface area contributed by atoms with Gasteiger partial charge < -0.3 is 15.5 Å². The van der Waals surface area contributed by atoms with Crippen molar-refractivity contribution in [3.8, 4) is 11.3 Å². The zero-order chi connectivity index (χ0) is 20.2. The van der Waals surface area contributed by atoms with Crippen LogP contribution in [0.1, 0.15) is 18.4 Å². The maximum atomic E-state index is 12.4. The Bertz CT molecular complexity index is 1030. The number of halogens is 1. The van der Waals surface area contributed by atoms with Crippen molar-refractivity contribution in [1.29, 1.82) is 0 Å². The Kier molecular flexibility index (Phi) is 5.67. The van der Waals surface area contributed by atoms with Crippen molar-refractivity contribution in [3.63, 3.8) is 0 Å². The first kappa shape index (κ1) is 19.3. The molecule has 148 valence electrons. The van der Waals surface area contributed by atoms with Crippen LogP contribution in [0, 0.1) is 6.92 Å². The molecule has 0 spiro atoms. The lowest BCUT2D eigenvalue weighted by Gasteiger charge is -2.17. The van der Waals surface area contributed by atoms with E-state index in [9.17, 15) is 4.79 Å². The fourth-order valence-corrected chi connectivity index (χ4v) is 3.74. The predicted molar refractivity (Wildman–Crippen MR) is 120 cm³/mol. The van der Waals surface area contributed by atoms with Gasteiger partial charge in [0.1, 0.15) is 5.82 Å². The van der Waals surface area contributed by atoms with Crippen LogP contribution in [0.4, 0.5) is 22.0 Å². The molecule has 0 atom stereocenters. The third kappa shape index (κ3) is 4.69. The van der Waals surface area contributed by atoms with E-state index in [0.717, 1.165) is 41.4 Å². The van der Waals surface area contributed by atoms with Gasteiger partial charge >= 0.3 is 6.03 Å². The molecular weight excluding hydrogens is 384 g/mol. The molecule has 1 aliphatic rings. The fraction of sp³-hybridized carbons (Fsp3) is 0.217. The molecule has 0 saturated carbocycles. The lowest BCUT2D eigenvalue weighted by atomic mass is 10.1. The molecule has 2 N–H and O–H groups in total. The summed E-state index contributed by atoms with van der Waals surface area (Å²) in [6.07, 6.45) is 2.43. The summed E-state index contributed by atoms with van der Waals surface area (Å²) in [5, 5.41) is 6.39. The van der Waals surface area contributed by atoms with Crippen molar-refractivity contribution < 1.29 is 4.79 Å². The smallest absolute Gasteiger partial charge is 0.323 e. The summed E-state index contributed by atoms with van der Waals surface area (Å²) in [4.78, 5) is 19.5. The van der Waals surface area contributed by atoms with E-state index >= 15 is 0 Å². The van der Waals surface area contributed by atoms with Crippen molar-refractivity contribution in [2.75, 3.05) is 28.6 Å². The van der Waals surface area contributed by atoms with Crippen LogP contribution in [-0.4, -0.2) is 24.1 Å². The molecule has 0 radical (unpaired) electrons. The van der Waals surface area contributed by atoms with E-state index in [1.807, 2.05) is 49.4 Å². The number of anilines is 3. The van der Waals surface area contributed by atoms with E-state index in [1.54, 1.807) is 12.1 Å². The summed E-state index contributed by atoms with van der Waals surface area (Å²) >= 11 is 5.97. The number of pyridine rings is 1. The van der Waals surface area contributed by atoms with Gasteiger partial charge in [0, 0.05) is 35.1 Å². The Hall–Kier alpha value is -3.05. The highest BCUT2D eigenvalue weighted by atomic mass is 35.5. The third-order valence-corrected chi connectivity index (χ3v) is 5.25. The Morgan fingerprint density at radius 3 is 2.59 bits per heavy atom. The molecule has 0 unspecified atom stereocenters. The van der Waals surface area contributed by atoms with Gasteiger partial charge in [0.2, 0.25) is 0 Å². The number of urea groups is 1. The molecule has 5 nitrogen and oxygen atoms in total. The number of nitrogens with zero attached hydrogens (tertiary/aromatic N) is 2. The topological polar surface area (TPSA) is 57.3 Å². The van der Waals surface area contributed by atoms with E-state index in [-0.39, 0.29) is 6.03 Å². The molecule has 2 heterocycles. The van der Waals surface area contributed by atoms with Crippen molar-refractivity contribution in [2.24, 2.45) is 0 Å². The molecule has 1 aliphatic heterocycles. The first-order valence-electron chi connectivity index (χ1n) is 9.75. The fourth-order valence-electron chi connectivity index (χ4n) is 3.51. The lowest BCUT2D eigenvalue weighted by Crippen LogP contribution is -2.20. The molecule has 29 heavy (non-hydrogen) atoms. The van der Waals surface area contributed by atoms with Gasteiger partial charge in [0.05, 0.1) is 5.69 Å². The number of carbonyl (C=O) groups excluding carboxylic acids is 1. The van der Waals surface area contributed by atoms with Gasteiger partial charge in [-0.25, -0.2) is 9.78 Å². The lowest BCUT2D eigenvalue weighted by molar-refractivity contribution is 0.262. The van der Waals surface area contributed by atoms with Gasteiger partial charge in [-0.15, -0.1) is 0 Å². The van der Waals surface area contributed by atoms with E-state index in [4.69, 9.17) is 16.6 Å². The first-order chi connectivity index (χ1) is 14.1. The van der Waals surface area contributed by atoms with Crippen LogP contribution in [-0.2, 0) is 0 Å². The first-order valence-corrected chi connectivity index (χ1v) is 10.1. The molecule has 2 aromatic carbocycles. The second-order valence-corrected chi connectivity index (χ2v) is 7.63. The summed E-state index contributed by atoms with van der Waals surface area (Å²) in [5.41, 5.74) is 4.20. The van der Waals surface area contributed by atoms with Gasteiger partial charge in [0.25, 0.3) is 0 Å². The number of nitrogens with one attached hydrogen (secondary N) is 2. The molecule has 1 aromatic heterocycles. The highest BCUT2D eigenvalue weighted by Gasteiger charge is 2.14. The molecular formula is C23H23ClN4O. The van der Waals surface area contributed by atoms with E-state index in [0.29, 0.717) is 10.7 Å². The summed E-state index contributed by atoms with van der Waals surface area (Å²) in [5.74, 6) is 1.01. The minimum Gasteiger partial charge on any atom is -0.357 e. The number of rotatable bonds is 4. The van der Waals surface area contributed by atoms with Crippen molar-refractivity contribution in [2.45, 2.75) is 19.8 Å². The summed E-state index contributed by atoms with van der Waals surface area (Å²) in [6.45, 7) is 4.02. The van der Waals surface area contributed by atoms with Crippen LogP contribution in [0.3, 0.4) is 0 Å². The normalized spacial score (nSPS) is 13.4. The molecule has 1 fully saturated rings. The third-order valence-electron chi connectivity index (χ3n) is 5.02. The van der Waals surface area contributed by atoms with Crippen LogP contribution < -0.4 is 15.5 Å². The number of aromatic nitrogens is 1. The minimum absolute atomic E-state index is 0.300. The van der Waals surface area contributed by atoms with Crippen molar-refractivity contribution in [3.05, 3.63) is 71.2 Å². The second kappa shape index (κ2) is 8.53. The Morgan fingerprint density at radius 1 is 1.00 bits per heavy atom. The number of benzene rings is 2. The largest absolute Gasteiger partial charge is 0.357 e. The maximum Gasteiger partial charge on any atom is 0.323 e. The zero-order valence-corrected chi connectivity index (χ0v) is 17.0. The van der Waals surface area contributed by atoms with Gasteiger partial charge in [-0.05, 0) is 67.8 Å². The minimum atomic E-state index is -0.300. The number of carbonyl (C=O) groups is 1. The molecule has 1 saturated heterocycles. The highest BCUT2D eigenvalue weighted by Crippen LogP contribution is 2.25. The van der Waals surface area contributed by atoms with Crippen molar-refractivity contribution >= 4 is 34.8 Å². The van der Waals surface area contributed by atoms with Crippen LogP contribution >= 0.6 is 11.6 Å². The van der Waals surface area contributed by atoms with Crippen LogP contribution in [0.15, 0.2) is 60.7 Å². The number of hydrogen-bond acceptors (Lipinski definition) is 3. The van der Waals surface area contributed by atoms with Gasteiger partial charge in [-0.2, -0.15) is 0 Å².